The van der Waals surface area contributed by atoms with E-state index in [1.165, 1.54) is 0 Å². The van der Waals surface area contributed by atoms with Gasteiger partial charge in [0.25, 0.3) is 0 Å². The van der Waals surface area contributed by atoms with Gasteiger partial charge < -0.3 is 15.4 Å². The van der Waals surface area contributed by atoms with Crippen molar-refractivity contribution < 1.29 is 9.53 Å². The average Bonchev–Trinajstić information content (AvgIpc) is 2.21. The van der Waals surface area contributed by atoms with Crippen molar-refractivity contribution in [2.75, 3.05) is 26.8 Å². The van der Waals surface area contributed by atoms with Gasteiger partial charge in [0.05, 0.1) is 12.6 Å². The summed E-state index contributed by atoms with van der Waals surface area (Å²) in [5.74, 6) is 0.644. The second-order valence-corrected chi connectivity index (χ2v) is 4.94. The summed E-state index contributed by atoms with van der Waals surface area (Å²) in [6, 6.07) is -0.407. The molecule has 4 nitrogen and oxygen atoms in total. The number of carbonyl (C=O) groups excluding carboxylic acids is 1. The topological polar surface area (TPSA) is 55.6 Å². The molecule has 0 saturated heterocycles. The van der Waals surface area contributed by atoms with Gasteiger partial charge in [-0.3, -0.25) is 4.79 Å². The van der Waals surface area contributed by atoms with E-state index in [0.717, 1.165) is 6.54 Å². The maximum Gasteiger partial charge on any atom is 0.239 e. The fraction of sp³-hybridized carbons (Fsp3) is 0.917. The molecule has 4 heteroatoms. The van der Waals surface area contributed by atoms with E-state index in [1.54, 1.807) is 12.0 Å². The quantitative estimate of drug-likeness (QED) is 0.712. The lowest BCUT2D eigenvalue weighted by Gasteiger charge is -2.28. The average molecular weight is 230 g/mol. The van der Waals surface area contributed by atoms with E-state index in [0.29, 0.717) is 19.1 Å². The molecule has 0 unspecified atom stereocenters. The molecule has 0 rings (SSSR count). The van der Waals surface area contributed by atoms with E-state index >= 15 is 0 Å². The number of nitrogens with two attached hydrogens (primary N) is 1. The third-order valence-electron chi connectivity index (χ3n) is 2.47. The van der Waals surface area contributed by atoms with Crippen LogP contribution in [0, 0.1) is 11.8 Å². The monoisotopic (exact) mass is 230 g/mol. The molecule has 0 aromatic rings. The van der Waals surface area contributed by atoms with Crippen LogP contribution in [0.2, 0.25) is 0 Å². The van der Waals surface area contributed by atoms with Crippen LogP contribution in [-0.4, -0.2) is 43.7 Å². The van der Waals surface area contributed by atoms with Gasteiger partial charge >= 0.3 is 0 Å². The van der Waals surface area contributed by atoms with Gasteiger partial charge in [-0.25, -0.2) is 0 Å². The molecule has 0 aromatic carbocycles. The van der Waals surface area contributed by atoms with E-state index in [2.05, 4.69) is 13.8 Å². The maximum atomic E-state index is 12.1. The van der Waals surface area contributed by atoms with Gasteiger partial charge in [0.15, 0.2) is 0 Å². The Balaban J connectivity index is 4.42. The summed E-state index contributed by atoms with van der Waals surface area (Å²) < 4.78 is 5.01. The zero-order chi connectivity index (χ0) is 12.7. The number of carbonyl (C=O) groups is 1. The molecule has 2 N–H and O–H groups in total. The van der Waals surface area contributed by atoms with E-state index < -0.39 is 6.04 Å². The van der Waals surface area contributed by atoms with Gasteiger partial charge in [-0.05, 0) is 11.8 Å². The lowest BCUT2D eigenvalue weighted by atomic mass is 10.0. The zero-order valence-corrected chi connectivity index (χ0v) is 11.2. The highest BCUT2D eigenvalue weighted by molar-refractivity contribution is 5.81. The summed E-state index contributed by atoms with van der Waals surface area (Å²) in [6.45, 7) is 10.0. The molecule has 0 fully saturated rings. The number of hydrogen-bond donors (Lipinski definition) is 1. The number of nitrogens with zero attached hydrogens (tertiary/aromatic N) is 1. The minimum Gasteiger partial charge on any atom is -0.383 e. The van der Waals surface area contributed by atoms with Crippen LogP contribution in [0.25, 0.3) is 0 Å². The molecule has 0 aliphatic heterocycles. The molecule has 0 aliphatic carbocycles. The van der Waals surface area contributed by atoms with Crippen molar-refractivity contribution in [2.24, 2.45) is 17.6 Å². The number of ether oxygens (including phenoxy) is 1. The number of rotatable bonds is 7. The molecule has 1 atom stereocenters. The molecule has 0 aromatic heterocycles. The van der Waals surface area contributed by atoms with Gasteiger partial charge in [0, 0.05) is 20.2 Å². The Morgan fingerprint density at radius 3 is 2.25 bits per heavy atom. The highest BCUT2D eigenvalue weighted by Gasteiger charge is 2.23. The van der Waals surface area contributed by atoms with Crippen LogP contribution in [0.1, 0.15) is 27.7 Å². The molecule has 0 radical (unpaired) electrons. The summed E-state index contributed by atoms with van der Waals surface area (Å²) in [7, 11) is 1.64. The van der Waals surface area contributed by atoms with Crippen molar-refractivity contribution in [3.8, 4) is 0 Å². The molecule has 0 aliphatic rings. The first kappa shape index (κ1) is 15.4. The number of amides is 1. The van der Waals surface area contributed by atoms with E-state index in [9.17, 15) is 4.79 Å². The highest BCUT2D eigenvalue weighted by Crippen LogP contribution is 2.06. The third kappa shape index (κ3) is 5.47. The van der Waals surface area contributed by atoms with Crippen molar-refractivity contribution in [2.45, 2.75) is 33.7 Å². The summed E-state index contributed by atoms with van der Waals surface area (Å²) in [4.78, 5) is 13.9. The Kier molecular flexibility index (Phi) is 7.34. The van der Waals surface area contributed by atoms with Gasteiger partial charge in [0.1, 0.15) is 0 Å². The van der Waals surface area contributed by atoms with Gasteiger partial charge in [0.2, 0.25) is 5.91 Å². The van der Waals surface area contributed by atoms with Crippen LogP contribution in [0.4, 0.5) is 0 Å². The maximum absolute atomic E-state index is 12.1. The van der Waals surface area contributed by atoms with Crippen molar-refractivity contribution in [1.82, 2.24) is 4.90 Å². The first-order chi connectivity index (χ1) is 7.40. The van der Waals surface area contributed by atoms with Crippen LogP contribution in [-0.2, 0) is 9.53 Å². The molecular weight excluding hydrogens is 204 g/mol. The zero-order valence-electron chi connectivity index (χ0n) is 11.2. The van der Waals surface area contributed by atoms with Crippen molar-refractivity contribution in [3.63, 3.8) is 0 Å². The predicted molar refractivity (Wildman–Crippen MR) is 66.1 cm³/mol. The Bertz CT molecular complexity index is 205. The van der Waals surface area contributed by atoms with E-state index in [-0.39, 0.29) is 11.8 Å². The Morgan fingerprint density at radius 2 is 1.88 bits per heavy atom. The van der Waals surface area contributed by atoms with Gasteiger partial charge in [-0.2, -0.15) is 0 Å². The second kappa shape index (κ2) is 7.63. The molecule has 0 bridgehead atoms. The van der Waals surface area contributed by atoms with E-state index in [4.69, 9.17) is 10.5 Å². The first-order valence-corrected chi connectivity index (χ1v) is 5.93. The van der Waals surface area contributed by atoms with Crippen molar-refractivity contribution in [1.29, 1.82) is 0 Å². The van der Waals surface area contributed by atoms with Gasteiger partial charge in [-0.1, -0.05) is 27.7 Å². The van der Waals surface area contributed by atoms with Crippen LogP contribution >= 0.6 is 0 Å². The minimum atomic E-state index is -0.407. The van der Waals surface area contributed by atoms with Crippen molar-refractivity contribution >= 4 is 5.91 Å². The number of hydrogen-bond acceptors (Lipinski definition) is 3. The highest BCUT2D eigenvalue weighted by atomic mass is 16.5. The molecule has 0 saturated carbocycles. The van der Waals surface area contributed by atoms with Crippen LogP contribution < -0.4 is 5.73 Å². The minimum absolute atomic E-state index is 0.0285. The van der Waals surface area contributed by atoms with Gasteiger partial charge in [-0.15, -0.1) is 0 Å². The normalized spacial score (nSPS) is 13.2. The Morgan fingerprint density at radius 1 is 1.31 bits per heavy atom. The molecular formula is C12H26N2O2. The SMILES string of the molecule is COCCN(CC(C)C)C(=O)[C@@H](N)C(C)C. The van der Waals surface area contributed by atoms with Crippen LogP contribution in [0.5, 0.6) is 0 Å². The van der Waals surface area contributed by atoms with Crippen LogP contribution in [0.3, 0.4) is 0 Å². The first-order valence-electron chi connectivity index (χ1n) is 5.93. The van der Waals surface area contributed by atoms with Crippen molar-refractivity contribution in [3.05, 3.63) is 0 Å². The molecule has 16 heavy (non-hydrogen) atoms. The molecule has 1 amide bonds. The summed E-state index contributed by atoms with van der Waals surface area (Å²) in [5.41, 5.74) is 5.88. The van der Waals surface area contributed by atoms with Crippen LogP contribution in [0.15, 0.2) is 0 Å². The lowest BCUT2D eigenvalue weighted by molar-refractivity contribution is -0.134. The predicted octanol–water partition coefficient (Wildman–Crippen LogP) is 1.10. The third-order valence-corrected chi connectivity index (χ3v) is 2.47. The summed E-state index contributed by atoms with van der Waals surface area (Å²) in [6.07, 6.45) is 0. The largest absolute Gasteiger partial charge is 0.383 e. The Labute approximate surface area is 99.1 Å². The second-order valence-electron chi connectivity index (χ2n) is 4.94. The fourth-order valence-corrected chi connectivity index (χ4v) is 1.43. The number of methoxy groups -OCH3 is 1. The standard InChI is InChI=1S/C12H26N2O2/c1-9(2)8-14(6-7-16-5)12(15)11(13)10(3)4/h9-11H,6-8,13H2,1-5H3/t11-/m0/s1. The summed E-state index contributed by atoms with van der Waals surface area (Å²) >= 11 is 0. The molecule has 0 heterocycles. The smallest absolute Gasteiger partial charge is 0.239 e. The Hall–Kier alpha value is -0.610. The fourth-order valence-electron chi connectivity index (χ4n) is 1.43. The molecule has 0 spiro atoms. The van der Waals surface area contributed by atoms with E-state index in [1.807, 2.05) is 13.8 Å². The molecule has 96 valence electrons. The summed E-state index contributed by atoms with van der Waals surface area (Å²) in [5, 5.41) is 0. The lowest BCUT2D eigenvalue weighted by Crippen LogP contribution is -2.48.